The molecule has 1 saturated heterocycles. The summed E-state index contributed by atoms with van der Waals surface area (Å²) in [5.74, 6) is -4.01. The summed E-state index contributed by atoms with van der Waals surface area (Å²) in [6.07, 6.45) is 1.84. The maximum Gasteiger partial charge on any atom is 0.369 e. The van der Waals surface area contributed by atoms with Crippen molar-refractivity contribution in [1.82, 2.24) is 4.90 Å². The van der Waals surface area contributed by atoms with Crippen molar-refractivity contribution in [3.05, 3.63) is 35.9 Å². The predicted molar refractivity (Wildman–Crippen MR) is 125 cm³/mol. The number of carbonyl (C=O) groups excluding carboxylic acids is 2. The van der Waals surface area contributed by atoms with Gasteiger partial charge in [0.05, 0.1) is 5.56 Å². The molecule has 1 heterocycles. The Morgan fingerprint density at radius 1 is 1.18 bits per heavy atom. The number of hydrogen-bond acceptors (Lipinski definition) is 7. The molecule has 2 unspecified atom stereocenters. The van der Waals surface area contributed by atoms with E-state index in [0.717, 1.165) is 0 Å². The van der Waals surface area contributed by atoms with Gasteiger partial charge in [0.1, 0.15) is 12.1 Å². The van der Waals surface area contributed by atoms with Crippen LogP contribution < -0.4 is 5.73 Å². The van der Waals surface area contributed by atoms with E-state index in [1.165, 1.54) is 17.0 Å². The van der Waals surface area contributed by atoms with Crippen LogP contribution in [0.15, 0.2) is 30.3 Å². The predicted octanol–water partition coefficient (Wildman–Crippen LogP) is 3.13. The number of rotatable bonds is 14. The summed E-state index contributed by atoms with van der Waals surface area (Å²) in [5, 5.41) is 9.44. The van der Waals surface area contributed by atoms with Crippen molar-refractivity contribution in [1.29, 1.82) is 0 Å². The van der Waals surface area contributed by atoms with Gasteiger partial charge in [-0.2, -0.15) is 0 Å². The highest BCUT2D eigenvalue weighted by Gasteiger charge is 2.43. The van der Waals surface area contributed by atoms with Crippen molar-refractivity contribution in [2.45, 2.75) is 76.3 Å². The summed E-state index contributed by atoms with van der Waals surface area (Å²) < 4.78 is 24.2. The number of ether oxygens (including phenoxy) is 1. The van der Waals surface area contributed by atoms with Crippen LogP contribution in [-0.4, -0.2) is 63.8 Å². The van der Waals surface area contributed by atoms with Crippen LogP contribution in [0.4, 0.5) is 0 Å². The van der Waals surface area contributed by atoms with Gasteiger partial charge in [0.15, 0.2) is 0 Å². The standard InChI is InChI=1S/C23H35N2O8P/c1-2-3-14-20(32-23(29)17-10-5-4-6-11-17)34(30,31)33-19(13-7-8-15-24)21(26)25-16-9-12-18(25)22(27)28/h4-6,10-11,18-20H,2-3,7-9,12-16,24H2,1H3,(H,27,28)(H,30,31)/t18-,19-,20?/m0/s1. The molecule has 0 radical (unpaired) electrons. The Morgan fingerprint density at radius 2 is 1.88 bits per heavy atom. The highest BCUT2D eigenvalue weighted by Crippen LogP contribution is 2.52. The molecule has 34 heavy (non-hydrogen) atoms. The molecule has 1 amide bonds. The van der Waals surface area contributed by atoms with Gasteiger partial charge in [-0.05, 0) is 63.6 Å². The first-order valence-corrected chi connectivity index (χ1v) is 13.4. The molecular weight excluding hydrogens is 463 g/mol. The fourth-order valence-corrected chi connectivity index (χ4v) is 5.28. The van der Waals surface area contributed by atoms with Crippen molar-refractivity contribution < 1.29 is 38.2 Å². The van der Waals surface area contributed by atoms with E-state index in [9.17, 15) is 28.9 Å². The van der Waals surface area contributed by atoms with E-state index in [1.54, 1.807) is 18.2 Å². The van der Waals surface area contributed by atoms with Gasteiger partial charge in [0.25, 0.3) is 5.91 Å². The molecule has 0 spiro atoms. The lowest BCUT2D eigenvalue weighted by atomic mass is 10.1. The fourth-order valence-electron chi connectivity index (χ4n) is 3.85. The lowest BCUT2D eigenvalue weighted by Crippen LogP contribution is -2.46. The summed E-state index contributed by atoms with van der Waals surface area (Å²) in [5.41, 5.74) is 5.76. The Kier molecular flexibility index (Phi) is 11.2. The van der Waals surface area contributed by atoms with Crippen molar-refractivity contribution in [3.63, 3.8) is 0 Å². The largest absolute Gasteiger partial charge is 0.480 e. The number of amides is 1. The normalized spacial score (nSPS) is 19.3. The van der Waals surface area contributed by atoms with E-state index in [2.05, 4.69) is 0 Å². The number of nitrogens with zero attached hydrogens (tertiary/aromatic N) is 1. The molecule has 1 aromatic rings. The molecule has 10 nitrogen and oxygen atoms in total. The van der Waals surface area contributed by atoms with Gasteiger partial charge in [0, 0.05) is 6.54 Å². The smallest absolute Gasteiger partial charge is 0.369 e. The number of likely N-dealkylation sites (tertiary alicyclic amines) is 1. The highest BCUT2D eigenvalue weighted by atomic mass is 31.2. The third-order valence-electron chi connectivity index (χ3n) is 5.72. The van der Waals surface area contributed by atoms with Gasteiger partial charge >= 0.3 is 19.5 Å². The Labute approximate surface area is 199 Å². The second kappa shape index (κ2) is 13.6. The van der Waals surface area contributed by atoms with Crippen molar-refractivity contribution >= 4 is 25.4 Å². The first kappa shape index (κ1) is 28.0. The second-order valence-corrected chi connectivity index (χ2v) is 10.3. The molecule has 4 atom stereocenters. The minimum atomic E-state index is -4.62. The number of carboxylic acid groups (broad SMARTS) is 1. The summed E-state index contributed by atoms with van der Waals surface area (Å²) >= 11 is 0. The van der Waals surface area contributed by atoms with Crippen LogP contribution >= 0.6 is 7.60 Å². The van der Waals surface area contributed by atoms with Crippen molar-refractivity contribution in [3.8, 4) is 0 Å². The highest BCUT2D eigenvalue weighted by molar-refractivity contribution is 7.53. The van der Waals surface area contributed by atoms with Crippen LogP contribution in [0.5, 0.6) is 0 Å². The zero-order chi connectivity index (χ0) is 25.1. The number of aliphatic carboxylic acids is 1. The Balaban J connectivity index is 2.23. The summed E-state index contributed by atoms with van der Waals surface area (Å²) in [6, 6.07) is 7.08. The SMILES string of the molecule is CCCCC(OC(=O)c1ccccc1)P(=O)(O)O[C@@H](CCCCN)C(=O)N1CCC[C@H]1C(=O)O. The monoisotopic (exact) mass is 498 g/mol. The molecule has 4 N–H and O–H groups in total. The number of benzene rings is 1. The zero-order valence-electron chi connectivity index (χ0n) is 19.5. The third-order valence-corrected chi connectivity index (χ3v) is 7.36. The molecule has 1 aliphatic heterocycles. The molecule has 0 aromatic heterocycles. The minimum absolute atomic E-state index is 0.0774. The molecule has 190 valence electrons. The van der Waals surface area contributed by atoms with Gasteiger partial charge < -0.3 is 25.4 Å². The molecule has 2 rings (SSSR count). The van der Waals surface area contributed by atoms with E-state index in [4.69, 9.17) is 15.0 Å². The van der Waals surface area contributed by atoms with Crippen LogP contribution in [0.3, 0.4) is 0 Å². The quantitative estimate of drug-likeness (QED) is 0.199. The molecule has 0 aliphatic carbocycles. The molecule has 0 bridgehead atoms. The lowest BCUT2D eigenvalue weighted by Gasteiger charge is -2.30. The number of esters is 1. The average Bonchev–Trinajstić information content (AvgIpc) is 3.31. The van der Waals surface area contributed by atoms with Crippen LogP contribution in [0.1, 0.15) is 68.6 Å². The first-order valence-electron chi connectivity index (χ1n) is 11.7. The van der Waals surface area contributed by atoms with Gasteiger partial charge in [0.2, 0.25) is 5.85 Å². The summed E-state index contributed by atoms with van der Waals surface area (Å²) in [6.45, 7) is 2.48. The molecule has 1 fully saturated rings. The average molecular weight is 499 g/mol. The van der Waals surface area contributed by atoms with E-state index in [0.29, 0.717) is 45.1 Å². The van der Waals surface area contributed by atoms with Crippen molar-refractivity contribution in [2.75, 3.05) is 13.1 Å². The number of unbranched alkanes of at least 4 members (excludes halogenated alkanes) is 2. The van der Waals surface area contributed by atoms with E-state index >= 15 is 0 Å². The van der Waals surface area contributed by atoms with Crippen LogP contribution in [-0.2, 0) is 23.4 Å². The number of carboxylic acids is 1. The number of hydrogen-bond donors (Lipinski definition) is 3. The van der Waals surface area contributed by atoms with Crippen LogP contribution in [0, 0.1) is 0 Å². The van der Waals surface area contributed by atoms with Crippen LogP contribution in [0.2, 0.25) is 0 Å². The Morgan fingerprint density at radius 3 is 2.50 bits per heavy atom. The van der Waals surface area contributed by atoms with E-state index in [1.807, 2.05) is 6.92 Å². The van der Waals surface area contributed by atoms with Gasteiger partial charge in [-0.25, -0.2) is 9.59 Å². The topological polar surface area (TPSA) is 156 Å². The minimum Gasteiger partial charge on any atom is -0.480 e. The maximum atomic E-state index is 13.3. The zero-order valence-corrected chi connectivity index (χ0v) is 20.4. The molecule has 1 aromatic carbocycles. The van der Waals surface area contributed by atoms with E-state index < -0.39 is 43.4 Å². The third kappa shape index (κ3) is 7.91. The maximum absolute atomic E-state index is 13.3. The molecule has 0 saturated carbocycles. The molecule has 11 heteroatoms. The molecular formula is C23H35N2O8P. The number of carbonyl (C=O) groups is 3. The van der Waals surface area contributed by atoms with Gasteiger partial charge in [-0.1, -0.05) is 31.5 Å². The lowest BCUT2D eigenvalue weighted by molar-refractivity contribution is -0.151. The van der Waals surface area contributed by atoms with Crippen molar-refractivity contribution in [2.24, 2.45) is 5.73 Å². The fraction of sp³-hybridized carbons (Fsp3) is 0.609. The second-order valence-electron chi connectivity index (χ2n) is 8.34. The summed E-state index contributed by atoms with van der Waals surface area (Å²) in [4.78, 5) is 49.3. The molecule has 1 aliphatic rings. The van der Waals surface area contributed by atoms with E-state index in [-0.39, 0.29) is 24.9 Å². The summed E-state index contributed by atoms with van der Waals surface area (Å²) in [7, 11) is -4.62. The van der Waals surface area contributed by atoms with Gasteiger partial charge in [-0.3, -0.25) is 13.9 Å². The number of nitrogens with two attached hydrogens (primary N) is 1. The van der Waals surface area contributed by atoms with Crippen LogP contribution in [0.25, 0.3) is 0 Å². The first-order chi connectivity index (χ1) is 16.2. The Hall–Kier alpha value is -2.26. The Bertz CT molecular complexity index is 866. The van der Waals surface area contributed by atoms with Gasteiger partial charge in [-0.15, -0.1) is 0 Å².